The summed E-state index contributed by atoms with van der Waals surface area (Å²) in [6.45, 7) is 2.54. The van der Waals surface area contributed by atoms with Gasteiger partial charge >= 0.3 is 0 Å². The molecular formula is C13H35N7O3. The van der Waals surface area contributed by atoms with Crippen LogP contribution in [0.5, 0.6) is 0 Å². The van der Waals surface area contributed by atoms with Crippen molar-refractivity contribution in [3.63, 3.8) is 0 Å². The molecule has 3 unspecified atom stereocenters. The van der Waals surface area contributed by atoms with Gasteiger partial charge in [-0.25, -0.2) is 0 Å². The molecule has 0 saturated carbocycles. The summed E-state index contributed by atoms with van der Waals surface area (Å²) in [7, 11) is 0. The average Bonchev–Trinajstić information content (AvgIpc) is 2.54. The van der Waals surface area contributed by atoms with E-state index >= 15 is 0 Å². The lowest BCUT2D eigenvalue weighted by molar-refractivity contribution is -0.0282. The zero-order valence-electron chi connectivity index (χ0n) is 13.9. The predicted octanol–water partition coefficient (Wildman–Crippen LogP) is -4.41. The standard InChI is InChI=1S/C13H35N7O3/c14-1-10(17)4-21-7-13(20,8-22-5-11(18)2-15)9-23-6-12(19)3-16/h10-12H,1-9,14-20H2. The fraction of sp³-hybridized carbons (Fsp3) is 1.00. The van der Waals surface area contributed by atoms with Gasteiger partial charge in [-0.15, -0.1) is 0 Å². The van der Waals surface area contributed by atoms with E-state index in [-0.39, 0.29) is 37.9 Å². The molecule has 0 aliphatic rings. The minimum Gasteiger partial charge on any atom is -0.378 e. The summed E-state index contributed by atoms with van der Waals surface area (Å²) < 4.78 is 16.6. The molecule has 140 valence electrons. The van der Waals surface area contributed by atoms with Crippen LogP contribution in [0.2, 0.25) is 0 Å². The monoisotopic (exact) mass is 337 g/mol. The Balaban J connectivity index is 4.32. The number of ether oxygens (including phenoxy) is 3. The molecule has 10 nitrogen and oxygen atoms in total. The second kappa shape index (κ2) is 13.0. The first-order valence-corrected chi connectivity index (χ1v) is 7.76. The molecule has 0 bridgehead atoms. The fourth-order valence-electron chi connectivity index (χ4n) is 1.57. The summed E-state index contributed by atoms with van der Waals surface area (Å²) in [5, 5.41) is 0. The normalized spacial score (nSPS) is 18.4. The van der Waals surface area contributed by atoms with Crippen LogP contribution in [0.4, 0.5) is 0 Å². The smallest absolute Gasteiger partial charge is 0.0865 e. The summed E-state index contributed by atoms with van der Waals surface area (Å²) in [6.07, 6.45) is 0. The van der Waals surface area contributed by atoms with Crippen LogP contribution in [-0.2, 0) is 14.2 Å². The summed E-state index contributed by atoms with van der Waals surface area (Å²) in [6, 6.07) is -0.716. The number of hydrogen-bond acceptors (Lipinski definition) is 10. The van der Waals surface area contributed by atoms with Gasteiger partial charge in [0.05, 0.1) is 45.2 Å². The quantitative estimate of drug-likeness (QED) is 0.152. The maximum absolute atomic E-state index is 6.29. The molecule has 14 N–H and O–H groups in total. The largest absolute Gasteiger partial charge is 0.378 e. The third-order valence-corrected chi connectivity index (χ3v) is 3.07. The first-order chi connectivity index (χ1) is 10.9. The van der Waals surface area contributed by atoms with E-state index in [1.165, 1.54) is 0 Å². The highest BCUT2D eigenvalue weighted by Crippen LogP contribution is 2.05. The average molecular weight is 337 g/mol. The van der Waals surface area contributed by atoms with Gasteiger partial charge in [0.2, 0.25) is 0 Å². The van der Waals surface area contributed by atoms with Gasteiger partial charge in [-0.05, 0) is 0 Å². The maximum Gasteiger partial charge on any atom is 0.0865 e. The molecule has 0 aromatic rings. The van der Waals surface area contributed by atoms with Crippen LogP contribution >= 0.6 is 0 Å². The van der Waals surface area contributed by atoms with Crippen LogP contribution in [0.25, 0.3) is 0 Å². The van der Waals surface area contributed by atoms with Gasteiger partial charge in [0.25, 0.3) is 0 Å². The van der Waals surface area contributed by atoms with E-state index in [2.05, 4.69) is 0 Å². The first kappa shape index (κ1) is 22.6. The Morgan fingerprint density at radius 2 is 0.870 bits per heavy atom. The zero-order valence-corrected chi connectivity index (χ0v) is 13.9. The van der Waals surface area contributed by atoms with E-state index in [4.69, 9.17) is 54.3 Å². The zero-order chi connectivity index (χ0) is 17.7. The van der Waals surface area contributed by atoms with Crippen molar-refractivity contribution < 1.29 is 14.2 Å². The van der Waals surface area contributed by atoms with Gasteiger partial charge < -0.3 is 54.3 Å². The van der Waals surface area contributed by atoms with E-state index < -0.39 is 5.54 Å². The highest BCUT2D eigenvalue weighted by Gasteiger charge is 2.27. The lowest BCUT2D eigenvalue weighted by Gasteiger charge is -2.30. The number of nitrogens with two attached hydrogens (primary N) is 7. The Kier molecular flexibility index (Phi) is 12.7. The van der Waals surface area contributed by atoms with E-state index in [0.717, 1.165) is 0 Å². The van der Waals surface area contributed by atoms with E-state index in [1.807, 2.05) is 0 Å². The molecule has 0 spiro atoms. The van der Waals surface area contributed by atoms with E-state index in [9.17, 15) is 0 Å². The van der Waals surface area contributed by atoms with Crippen LogP contribution in [0.3, 0.4) is 0 Å². The minimum absolute atomic E-state index is 0.205. The van der Waals surface area contributed by atoms with Gasteiger partial charge in [-0.2, -0.15) is 0 Å². The van der Waals surface area contributed by atoms with Crippen molar-refractivity contribution in [1.29, 1.82) is 0 Å². The van der Waals surface area contributed by atoms with Crippen LogP contribution in [0.1, 0.15) is 0 Å². The maximum atomic E-state index is 6.29. The second-order valence-corrected chi connectivity index (χ2v) is 5.90. The number of hydrogen-bond donors (Lipinski definition) is 7. The summed E-state index contributed by atoms with van der Waals surface area (Å²) in [4.78, 5) is 0. The van der Waals surface area contributed by atoms with Crippen molar-refractivity contribution in [3.05, 3.63) is 0 Å². The Bertz CT molecular complexity index is 245. The highest BCUT2D eigenvalue weighted by molar-refractivity contribution is 4.85. The van der Waals surface area contributed by atoms with Crippen molar-refractivity contribution in [2.75, 3.05) is 59.3 Å². The fourth-order valence-corrected chi connectivity index (χ4v) is 1.57. The minimum atomic E-state index is -0.850. The molecule has 0 fully saturated rings. The lowest BCUT2D eigenvalue weighted by atomic mass is 10.1. The lowest BCUT2D eigenvalue weighted by Crippen LogP contribution is -2.54. The van der Waals surface area contributed by atoms with Gasteiger partial charge in [0, 0.05) is 37.8 Å². The van der Waals surface area contributed by atoms with Crippen molar-refractivity contribution in [3.8, 4) is 0 Å². The molecule has 0 aliphatic carbocycles. The molecule has 0 radical (unpaired) electrons. The van der Waals surface area contributed by atoms with Crippen molar-refractivity contribution in [2.45, 2.75) is 23.7 Å². The molecule has 0 aromatic carbocycles. The molecule has 0 aromatic heterocycles. The topological polar surface area (TPSA) is 210 Å². The molecule has 0 amide bonds. The van der Waals surface area contributed by atoms with Gasteiger partial charge in [0.15, 0.2) is 0 Å². The third kappa shape index (κ3) is 11.7. The van der Waals surface area contributed by atoms with Crippen molar-refractivity contribution in [2.24, 2.45) is 40.1 Å². The molecule has 0 rings (SSSR count). The Morgan fingerprint density at radius 1 is 0.609 bits per heavy atom. The predicted molar refractivity (Wildman–Crippen MR) is 90.5 cm³/mol. The number of rotatable bonds is 15. The molecule has 23 heavy (non-hydrogen) atoms. The molecule has 0 heterocycles. The first-order valence-electron chi connectivity index (χ1n) is 7.76. The summed E-state index contributed by atoms with van der Waals surface area (Å²) in [5.41, 5.74) is 38.9. The van der Waals surface area contributed by atoms with Gasteiger partial charge in [-0.1, -0.05) is 0 Å². The summed E-state index contributed by atoms with van der Waals surface area (Å²) >= 11 is 0. The Hall–Kier alpha value is -0.400. The van der Waals surface area contributed by atoms with Crippen LogP contribution < -0.4 is 40.1 Å². The molecule has 0 saturated heterocycles. The highest BCUT2D eigenvalue weighted by atomic mass is 16.5. The molecule has 0 aliphatic heterocycles. The Labute approximate surface area is 138 Å². The molecule has 3 atom stereocenters. The van der Waals surface area contributed by atoms with Gasteiger partial charge in [0.1, 0.15) is 0 Å². The van der Waals surface area contributed by atoms with Crippen LogP contribution in [-0.4, -0.2) is 82.9 Å². The Morgan fingerprint density at radius 3 is 1.09 bits per heavy atom. The van der Waals surface area contributed by atoms with Crippen molar-refractivity contribution >= 4 is 0 Å². The van der Waals surface area contributed by atoms with E-state index in [0.29, 0.717) is 39.5 Å². The second-order valence-electron chi connectivity index (χ2n) is 5.90. The summed E-state index contributed by atoms with van der Waals surface area (Å²) in [5.74, 6) is 0. The van der Waals surface area contributed by atoms with E-state index in [1.54, 1.807) is 0 Å². The van der Waals surface area contributed by atoms with Crippen LogP contribution in [0.15, 0.2) is 0 Å². The SMILES string of the molecule is NCC(N)COCC(N)(COCC(N)CN)COCC(N)CN. The molecule has 10 heteroatoms. The van der Waals surface area contributed by atoms with Gasteiger partial charge in [-0.3, -0.25) is 0 Å². The molecular weight excluding hydrogens is 302 g/mol. The van der Waals surface area contributed by atoms with Crippen LogP contribution in [0, 0.1) is 0 Å². The van der Waals surface area contributed by atoms with Crippen molar-refractivity contribution in [1.82, 2.24) is 0 Å². The third-order valence-electron chi connectivity index (χ3n) is 3.07.